The van der Waals surface area contributed by atoms with Crippen molar-refractivity contribution in [1.29, 1.82) is 5.26 Å². The Bertz CT molecular complexity index is 697. The van der Waals surface area contributed by atoms with Crippen LogP contribution < -0.4 is 0 Å². The van der Waals surface area contributed by atoms with Crippen LogP contribution in [0.15, 0.2) is 24.3 Å². The van der Waals surface area contributed by atoms with Gasteiger partial charge < -0.3 is 0 Å². The molecule has 0 aliphatic heterocycles. The van der Waals surface area contributed by atoms with E-state index in [0.717, 1.165) is 17.8 Å². The monoisotopic (exact) mass is 477 g/mol. The Labute approximate surface area is 218 Å². The van der Waals surface area contributed by atoms with Crippen LogP contribution in [0.2, 0.25) is 0 Å². The minimum Gasteiger partial charge on any atom is -0.198 e. The first kappa shape index (κ1) is 28.3. The predicted molar refractivity (Wildman–Crippen MR) is 152 cm³/mol. The van der Waals surface area contributed by atoms with Crippen LogP contribution in [0, 0.1) is 35.0 Å². The molecule has 0 amide bonds. The molecule has 1 heteroatoms. The Morgan fingerprint density at radius 3 is 1.97 bits per heavy atom. The molecule has 1 unspecified atom stereocenters. The van der Waals surface area contributed by atoms with E-state index in [1.54, 1.807) is 5.56 Å². The molecule has 0 aromatic heterocycles. The number of benzene rings is 1. The summed E-state index contributed by atoms with van der Waals surface area (Å²) in [5.41, 5.74) is 3.09. The van der Waals surface area contributed by atoms with Gasteiger partial charge in [0.2, 0.25) is 0 Å². The van der Waals surface area contributed by atoms with Crippen LogP contribution >= 0.6 is 0 Å². The van der Waals surface area contributed by atoms with Crippen molar-refractivity contribution in [2.45, 2.75) is 148 Å². The molecule has 0 N–H and O–H groups in total. The third-order valence-electron chi connectivity index (χ3n) is 9.55. The van der Waals surface area contributed by atoms with Gasteiger partial charge in [-0.2, -0.15) is 5.26 Å². The second kappa shape index (κ2) is 16.5. The Kier molecular flexibility index (Phi) is 13.3. The largest absolute Gasteiger partial charge is 0.198 e. The topological polar surface area (TPSA) is 23.8 Å². The van der Waals surface area contributed by atoms with Gasteiger partial charge in [-0.25, -0.2) is 0 Å². The third-order valence-corrected chi connectivity index (χ3v) is 9.55. The molecule has 2 aliphatic rings. The molecule has 0 spiro atoms. The van der Waals surface area contributed by atoms with Gasteiger partial charge in [0, 0.05) is 5.92 Å². The highest BCUT2D eigenvalue weighted by atomic mass is 14.4. The highest BCUT2D eigenvalue weighted by Gasteiger charge is 2.31. The van der Waals surface area contributed by atoms with Crippen LogP contribution in [0.3, 0.4) is 0 Å². The molecule has 0 saturated heterocycles. The first-order chi connectivity index (χ1) is 17.2. The third kappa shape index (κ3) is 9.94. The summed E-state index contributed by atoms with van der Waals surface area (Å²) in [6, 6.07) is 12.4. The van der Waals surface area contributed by atoms with Gasteiger partial charge in [-0.3, -0.25) is 0 Å². The van der Waals surface area contributed by atoms with Gasteiger partial charge in [0.25, 0.3) is 0 Å². The van der Waals surface area contributed by atoms with Crippen molar-refractivity contribution < 1.29 is 0 Å². The Morgan fingerprint density at radius 2 is 1.31 bits per heavy atom. The van der Waals surface area contributed by atoms with Gasteiger partial charge in [-0.05, 0) is 92.6 Å². The van der Waals surface area contributed by atoms with Crippen LogP contribution in [0.5, 0.6) is 0 Å². The molecular formula is C34H55N. The number of hydrogen-bond acceptors (Lipinski definition) is 1. The molecule has 0 radical (unpaired) electrons. The molecule has 2 aliphatic carbocycles. The predicted octanol–water partition coefficient (Wildman–Crippen LogP) is 10.8. The molecule has 2 fully saturated rings. The molecule has 0 bridgehead atoms. The van der Waals surface area contributed by atoms with Gasteiger partial charge in [-0.15, -0.1) is 0 Å². The summed E-state index contributed by atoms with van der Waals surface area (Å²) in [6.07, 6.45) is 27.0. The lowest BCUT2D eigenvalue weighted by Gasteiger charge is -2.34. The summed E-state index contributed by atoms with van der Waals surface area (Å²) in [7, 11) is 0. The van der Waals surface area contributed by atoms with Crippen molar-refractivity contribution in [3.63, 3.8) is 0 Å². The van der Waals surface area contributed by atoms with E-state index >= 15 is 0 Å². The smallest absolute Gasteiger partial charge is 0.0658 e. The number of unbranched alkanes of at least 4 members (excludes halogenated alkanes) is 7. The number of nitriles is 1. The molecule has 1 aromatic rings. The summed E-state index contributed by atoms with van der Waals surface area (Å²) in [6.45, 7) is 4.59. The van der Waals surface area contributed by atoms with E-state index in [4.69, 9.17) is 0 Å². The average Bonchev–Trinajstić information content (AvgIpc) is 2.91. The lowest BCUT2D eigenvalue weighted by atomic mass is 9.70. The fourth-order valence-corrected chi connectivity index (χ4v) is 7.07. The van der Waals surface area contributed by atoms with Crippen LogP contribution in [0.25, 0.3) is 0 Å². The highest BCUT2D eigenvalue weighted by molar-refractivity contribution is 5.26. The maximum absolute atomic E-state index is 9.97. The number of hydrogen-bond donors (Lipinski definition) is 0. The van der Waals surface area contributed by atoms with Crippen molar-refractivity contribution >= 4 is 0 Å². The van der Waals surface area contributed by atoms with E-state index in [0.29, 0.717) is 11.8 Å². The van der Waals surface area contributed by atoms with Gasteiger partial charge in [0.05, 0.1) is 6.07 Å². The minimum absolute atomic E-state index is 0.314. The maximum Gasteiger partial charge on any atom is 0.0658 e. The molecule has 196 valence electrons. The van der Waals surface area contributed by atoms with Gasteiger partial charge in [-0.1, -0.05) is 109 Å². The molecule has 1 atom stereocenters. The summed E-state index contributed by atoms with van der Waals surface area (Å²) in [5, 5.41) is 9.97. The first-order valence-corrected chi connectivity index (χ1v) is 15.7. The lowest BCUT2D eigenvalue weighted by molar-refractivity contribution is 0.187. The van der Waals surface area contributed by atoms with Gasteiger partial charge in [0.1, 0.15) is 0 Å². The summed E-state index contributed by atoms with van der Waals surface area (Å²) < 4.78 is 0. The molecule has 1 nitrogen and oxygen atoms in total. The average molecular weight is 478 g/mol. The summed E-state index contributed by atoms with van der Waals surface area (Å²) >= 11 is 0. The van der Waals surface area contributed by atoms with Crippen molar-refractivity contribution in [2.24, 2.45) is 23.7 Å². The molecule has 2 saturated carbocycles. The highest BCUT2D eigenvalue weighted by Crippen LogP contribution is 2.42. The first-order valence-electron chi connectivity index (χ1n) is 15.7. The Hall–Kier alpha value is -1.29. The van der Waals surface area contributed by atoms with Crippen molar-refractivity contribution in [3.8, 4) is 6.07 Å². The van der Waals surface area contributed by atoms with Crippen molar-refractivity contribution in [2.75, 3.05) is 0 Å². The van der Waals surface area contributed by atoms with Crippen molar-refractivity contribution in [3.05, 3.63) is 35.4 Å². The summed E-state index contributed by atoms with van der Waals surface area (Å²) in [4.78, 5) is 0. The number of rotatable bonds is 15. The van der Waals surface area contributed by atoms with Crippen LogP contribution in [-0.4, -0.2) is 0 Å². The Balaban J connectivity index is 1.34. The van der Waals surface area contributed by atoms with E-state index in [1.165, 1.54) is 134 Å². The number of aryl methyl sites for hydroxylation is 1. The molecule has 1 aromatic carbocycles. The normalized spacial score (nSPS) is 25.7. The van der Waals surface area contributed by atoms with Crippen LogP contribution in [0.1, 0.15) is 153 Å². The zero-order chi connectivity index (χ0) is 24.7. The quantitative estimate of drug-likeness (QED) is 0.230. The van der Waals surface area contributed by atoms with Crippen LogP contribution in [-0.2, 0) is 6.42 Å². The second-order valence-corrected chi connectivity index (χ2v) is 12.2. The SMILES string of the molecule is CCCCCCCCc1ccc([C@H]2CC[C@H](CC(C#N)[C@H]3CC[C@H](CCCCC)CC3)CC2)cc1. The van der Waals surface area contributed by atoms with Crippen molar-refractivity contribution in [1.82, 2.24) is 0 Å². The summed E-state index contributed by atoms with van der Waals surface area (Å²) in [5.74, 6) is 3.47. The standard InChI is InChI=1S/C34H55N/c1-3-5-7-8-9-11-13-29-14-20-31(21-15-29)32-24-18-30(19-25-32)26-34(27-35)33-22-16-28(17-23-33)12-10-6-4-2/h14-15,20-21,28,30,32-34H,3-13,16-19,22-26H2,1-2H3/t28-,30-,32-,33-,34?. The zero-order valence-electron chi connectivity index (χ0n) is 23.3. The van der Waals surface area contributed by atoms with E-state index < -0.39 is 0 Å². The second-order valence-electron chi connectivity index (χ2n) is 12.2. The maximum atomic E-state index is 9.97. The van der Waals surface area contributed by atoms with E-state index in [2.05, 4.69) is 44.2 Å². The minimum atomic E-state index is 0.314. The van der Waals surface area contributed by atoms with E-state index in [-0.39, 0.29) is 0 Å². The van der Waals surface area contributed by atoms with E-state index in [1.807, 2.05) is 0 Å². The number of nitrogens with zero attached hydrogens (tertiary/aromatic N) is 1. The Morgan fingerprint density at radius 1 is 0.714 bits per heavy atom. The van der Waals surface area contributed by atoms with Crippen LogP contribution in [0.4, 0.5) is 0 Å². The molecule has 0 heterocycles. The molecule has 3 rings (SSSR count). The van der Waals surface area contributed by atoms with Gasteiger partial charge >= 0.3 is 0 Å². The van der Waals surface area contributed by atoms with Gasteiger partial charge in [0.15, 0.2) is 0 Å². The fraction of sp³-hybridized carbons (Fsp3) is 0.794. The fourth-order valence-electron chi connectivity index (χ4n) is 7.07. The molecule has 35 heavy (non-hydrogen) atoms. The molecular weight excluding hydrogens is 422 g/mol. The lowest BCUT2D eigenvalue weighted by Crippen LogP contribution is -2.24. The zero-order valence-corrected chi connectivity index (χ0v) is 23.3. The van der Waals surface area contributed by atoms with E-state index in [9.17, 15) is 5.26 Å².